The van der Waals surface area contributed by atoms with E-state index in [4.69, 9.17) is 5.73 Å². The number of rotatable bonds is 7. The molecular formula is C12H23F3N2O. The smallest absolute Gasteiger partial charge is 0.330 e. The maximum atomic E-state index is 12.5. The maximum Gasteiger partial charge on any atom is 0.406 e. The summed E-state index contributed by atoms with van der Waals surface area (Å²) < 4.78 is 37.6. The fraction of sp³-hybridized carbons (Fsp3) is 0.917. The van der Waals surface area contributed by atoms with Crippen molar-refractivity contribution >= 4 is 5.91 Å². The van der Waals surface area contributed by atoms with Gasteiger partial charge >= 0.3 is 6.18 Å². The summed E-state index contributed by atoms with van der Waals surface area (Å²) in [5.74, 6) is -0.913. The molecule has 0 radical (unpaired) electrons. The highest BCUT2D eigenvalue weighted by Gasteiger charge is 2.36. The monoisotopic (exact) mass is 268 g/mol. The van der Waals surface area contributed by atoms with Crippen LogP contribution in [0.2, 0.25) is 0 Å². The normalized spacial score (nSPS) is 13.8. The van der Waals surface area contributed by atoms with Crippen molar-refractivity contribution in [2.75, 3.05) is 13.1 Å². The molecule has 6 heteroatoms. The Hall–Kier alpha value is -0.780. The molecule has 0 heterocycles. The van der Waals surface area contributed by atoms with Crippen molar-refractivity contribution in [3.8, 4) is 0 Å². The van der Waals surface area contributed by atoms with Gasteiger partial charge in [-0.05, 0) is 25.8 Å². The summed E-state index contributed by atoms with van der Waals surface area (Å²) in [7, 11) is 0. The molecule has 0 aromatic carbocycles. The van der Waals surface area contributed by atoms with Gasteiger partial charge in [-0.1, -0.05) is 20.8 Å². The van der Waals surface area contributed by atoms with Crippen molar-refractivity contribution in [3.05, 3.63) is 0 Å². The van der Waals surface area contributed by atoms with Crippen LogP contribution in [0, 0.1) is 5.92 Å². The summed E-state index contributed by atoms with van der Waals surface area (Å²) in [4.78, 5) is 13.0. The second-order valence-corrected chi connectivity index (χ2v) is 4.53. The Balaban J connectivity index is 4.90. The summed E-state index contributed by atoms with van der Waals surface area (Å²) in [5.41, 5.74) is 5.34. The van der Waals surface area contributed by atoms with Crippen LogP contribution in [0.25, 0.3) is 0 Å². The average Bonchev–Trinajstić information content (AvgIpc) is 2.27. The van der Waals surface area contributed by atoms with Crippen LogP contribution in [0.3, 0.4) is 0 Å². The minimum atomic E-state index is -4.36. The number of nitrogens with zero attached hydrogens (tertiary/aromatic N) is 1. The van der Waals surface area contributed by atoms with Gasteiger partial charge in [0.15, 0.2) is 0 Å². The lowest BCUT2D eigenvalue weighted by Crippen LogP contribution is -2.47. The first kappa shape index (κ1) is 17.2. The number of amides is 1. The van der Waals surface area contributed by atoms with E-state index in [1.165, 1.54) is 0 Å². The summed E-state index contributed by atoms with van der Waals surface area (Å²) in [6, 6.07) is -0.362. The summed E-state index contributed by atoms with van der Waals surface area (Å²) in [5, 5.41) is 0. The number of carbonyl (C=O) groups excluding carboxylic acids is 1. The third kappa shape index (κ3) is 5.71. The van der Waals surface area contributed by atoms with E-state index in [9.17, 15) is 18.0 Å². The van der Waals surface area contributed by atoms with Crippen LogP contribution in [0.4, 0.5) is 13.2 Å². The Morgan fingerprint density at radius 2 is 1.78 bits per heavy atom. The van der Waals surface area contributed by atoms with Crippen LogP contribution in [0.15, 0.2) is 0 Å². The van der Waals surface area contributed by atoms with E-state index in [-0.39, 0.29) is 6.04 Å². The van der Waals surface area contributed by atoms with Crippen LogP contribution in [-0.4, -0.2) is 36.1 Å². The molecule has 0 aliphatic heterocycles. The van der Waals surface area contributed by atoms with Gasteiger partial charge in [-0.2, -0.15) is 13.2 Å². The van der Waals surface area contributed by atoms with E-state index in [0.717, 1.165) is 4.90 Å². The number of hydrogen-bond acceptors (Lipinski definition) is 2. The molecule has 18 heavy (non-hydrogen) atoms. The quantitative estimate of drug-likeness (QED) is 0.771. The minimum absolute atomic E-state index is 0.301. The topological polar surface area (TPSA) is 46.3 Å². The number of carbonyl (C=O) groups is 1. The molecule has 2 N–H and O–H groups in total. The van der Waals surface area contributed by atoms with Gasteiger partial charge in [0, 0.05) is 12.0 Å². The fourth-order valence-corrected chi connectivity index (χ4v) is 1.97. The van der Waals surface area contributed by atoms with E-state index in [2.05, 4.69) is 0 Å². The van der Waals surface area contributed by atoms with Gasteiger partial charge in [0.1, 0.15) is 6.54 Å². The fourth-order valence-electron chi connectivity index (χ4n) is 1.97. The zero-order valence-electron chi connectivity index (χ0n) is 11.3. The zero-order valence-corrected chi connectivity index (χ0v) is 11.3. The lowest BCUT2D eigenvalue weighted by molar-refractivity contribution is -0.168. The maximum absolute atomic E-state index is 12.5. The average molecular weight is 268 g/mol. The van der Waals surface area contributed by atoms with Gasteiger partial charge in [-0.3, -0.25) is 4.79 Å². The van der Waals surface area contributed by atoms with E-state index in [1.54, 1.807) is 20.8 Å². The molecule has 1 atom stereocenters. The standard InChI is InChI=1S/C12H23F3N2O/c1-4-10(5-2)17(8-12(13,14)15)11(18)9(3)6-7-16/h9-10H,4-8,16H2,1-3H3. The summed E-state index contributed by atoms with van der Waals surface area (Å²) >= 11 is 0. The van der Waals surface area contributed by atoms with Crippen LogP contribution in [0.5, 0.6) is 0 Å². The summed E-state index contributed by atoms with van der Waals surface area (Å²) in [6.45, 7) is 4.33. The number of alkyl halides is 3. The van der Waals surface area contributed by atoms with Gasteiger partial charge in [0.05, 0.1) is 0 Å². The molecule has 0 saturated heterocycles. The van der Waals surface area contributed by atoms with Gasteiger partial charge < -0.3 is 10.6 Å². The van der Waals surface area contributed by atoms with Gasteiger partial charge in [0.25, 0.3) is 0 Å². The first-order valence-corrected chi connectivity index (χ1v) is 6.34. The highest BCUT2D eigenvalue weighted by atomic mass is 19.4. The van der Waals surface area contributed by atoms with E-state index >= 15 is 0 Å². The van der Waals surface area contributed by atoms with Gasteiger partial charge in [-0.25, -0.2) is 0 Å². The molecule has 0 aromatic rings. The number of hydrogen-bond donors (Lipinski definition) is 1. The first-order valence-electron chi connectivity index (χ1n) is 6.34. The van der Waals surface area contributed by atoms with Crippen molar-refractivity contribution in [1.82, 2.24) is 4.90 Å². The van der Waals surface area contributed by atoms with Crippen molar-refractivity contribution < 1.29 is 18.0 Å². The molecule has 0 spiro atoms. The molecule has 1 amide bonds. The molecule has 3 nitrogen and oxygen atoms in total. The largest absolute Gasteiger partial charge is 0.406 e. The molecule has 0 saturated carbocycles. The molecule has 0 aliphatic rings. The van der Waals surface area contributed by atoms with Gasteiger partial charge in [-0.15, -0.1) is 0 Å². The van der Waals surface area contributed by atoms with Crippen molar-refractivity contribution in [3.63, 3.8) is 0 Å². The summed E-state index contributed by atoms with van der Waals surface area (Å²) in [6.07, 6.45) is -2.91. The number of nitrogens with two attached hydrogens (primary N) is 1. The Kier molecular flexibility index (Phi) is 7.28. The SMILES string of the molecule is CCC(CC)N(CC(F)(F)F)C(=O)C(C)CCN. The zero-order chi connectivity index (χ0) is 14.3. The Morgan fingerprint density at radius 3 is 2.11 bits per heavy atom. The Bertz CT molecular complexity index is 252. The van der Waals surface area contributed by atoms with Gasteiger partial charge in [0.2, 0.25) is 5.91 Å². The highest BCUT2D eigenvalue weighted by Crippen LogP contribution is 2.22. The second-order valence-electron chi connectivity index (χ2n) is 4.53. The lowest BCUT2D eigenvalue weighted by Gasteiger charge is -2.33. The second kappa shape index (κ2) is 7.61. The molecule has 108 valence electrons. The van der Waals surface area contributed by atoms with Crippen molar-refractivity contribution in [1.29, 1.82) is 0 Å². The predicted octanol–water partition coefficient (Wildman–Crippen LogP) is 2.55. The molecule has 1 unspecified atom stereocenters. The third-order valence-electron chi connectivity index (χ3n) is 3.04. The van der Waals surface area contributed by atoms with Crippen LogP contribution in [0.1, 0.15) is 40.0 Å². The van der Waals surface area contributed by atoms with Crippen LogP contribution >= 0.6 is 0 Å². The molecule has 0 fully saturated rings. The van der Waals surface area contributed by atoms with E-state index < -0.39 is 24.5 Å². The molecule has 0 aromatic heterocycles. The molecule has 0 aliphatic carbocycles. The minimum Gasteiger partial charge on any atom is -0.330 e. The predicted molar refractivity (Wildman–Crippen MR) is 65.0 cm³/mol. The molecule has 0 bridgehead atoms. The molecular weight excluding hydrogens is 245 g/mol. The first-order chi connectivity index (χ1) is 8.26. The third-order valence-corrected chi connectivity index (χ3v) is 3.04. The highest BCUT2D eigenvalue weighted by molar-refractivity contribution is 5.78. The van der Waals surface area contributed by atoms with Crippen LogP contribution in [-0.2, 0) is 4.79 Å². The van der Waals surface area contributed by atoms with Crippen molar-refractivity contribution in [2.24, 2.45) is 11.7 Å². The Morgan fingerprint density at radius 1 is 1.28 bits per heavy atom. The van der Waals surface area contributed by atoms with Crippen LogP contribution < -0.4 is 5.73 Å². The lowest BCUT2D eigenvalue weighted by atomic mass is 10.0. The Labute approximate surface area is 107 Å². The van der Waals surface area contributed by atoms with E-state index in [0.29, 0.717) is 25.8 Å². The van der Waals surface area contributed by atoms with E-state index in [1.807, 2.05) is 0 Å². The molecule has 0 rings (SSSR count). The number of halogens is 3. The van der Waals surface area contributed by atoms with Crippen molar-refractivity contribution in [2.45, 2.75) is 52.3 Å².